The summed E-state index contributed by atoms with van der Waals surface area (Å²) in [4.78, 5) is 8.89. The van der Waals surface area contributed by atoms with Crippen molar-refractivity contribution in [3.8, 4) is 17.1 Å². The van der Waals surface area contributed by atoms with E-state index in [1.54, 1.807) is 24.3 Å². The maximum absolute atomic E-state index is 15.1. The van der Waals surface area contributed by atoms with Gasteiger partial charge in [0.05, 0.1) is 0 Å². The number of benzene rings is 3. The molecular formula is C27H23F3N2O. The zero-order valence-electron chi connectivity index (χ0n) is 18.0. The molecule has 0 aliphatic carbocycles. The molecule has 3 nitrogen and oxygen atoms in total. The second kappa shape index (κ2) is 10.3. The van der Waals surface area contributed by atoms with E-state index in [0.29, 0.717) is 29.6 Å². The molecule has 0 aliphatic heterocycles. The van der Waals surface area contributed by atoms with Crippen LogP contribution in [0.3, 0.4) is 0 Å². The normalized spacial score (nSPS) is 11.2. The van der Waals surface area contributed by atoms with Gasteiger partial charge in [0.1, 0.15) is 11.6 Å². The molecule has 1 heterocycles. The standard InChI is InChI=1S/C27H23F3N2O/c1-2-3-4-19-16-31-26(32-17-19)22-11-14-24-21(15-22)10-9-20(25(24)28)8-5-18-6-12-23(13-7-18)33-27(29)30/h2,6-7,9-17,27H,1,3-5,8H2. The fourth-order valence-electron chi connectivity index (χ4n) is 3.69. The lowest BCUT2D eigenvalue weighted by Crippen LogP contribution is -2.02. The van der Waals surface area contributed by atoms with Gasteiger partial charge in [-0.1, -0.05) is 42.5 Å². The molecule has 4 aromatic rings. The summed E-state index contributed by atoms with van der Waals surface area (Å²) in [5.41, 5.74) is 3.40. The molecule has 0 saturated heterocycles. The van der Waals surface area contributed by atoms with Gasteiger partial charge in [-0.15, -0.1) is 6.58 Å². The van der Waals surface area contributed by atoms with Gasteiger partial charge in [0.15, 0.2) is 5.82 Å². The first-order chi connectivity index (χ1) is 16.0. The molecule has 3 aromatic carbocycles. The Morgan fingerprint density at radius 1 is 0.879 bits per heavy atom. The van der Waals surface area contributed by atoms with Crippen molar-refractivity contribution in [1.29, 1.82) is 0 Å². The summed E-state index contributed by atoms with van der Waals surface area (Å²) in [5, 5.41) is 1.32. The highest BCUT2D eigenvalue weighted by atomic mass is 19.3. The van der Waals surface area contributed by atoms with E-state index >= 15 is 4.39 Å². The van der Waals surface area contributed by atoms with Crippen LogP contribution < -0.4 is 4.74 Å². The Morgan fingerprint density at radius 2 is 1.64 bits per heavy atom. The molecule has 0 N–H and O–H groups in total. The van der Waals surface area contributed by atoms with E-state index in [0.717, 1.165) is 34.9 Å². The first-order valence-electron chi connectivity index (χ1n) is 10.7. The number of hydrogen-bond acceptors (Lipinski definition) is 3. The fraction of sp³-hybridized carbons (Fsp3) is 0.185. The quantitative estimate of drug-likeness (QED) is 0.260. The van der Waals surface area contributed by atoms with Crippen LogP contribution in [0.25, 0.3) is 22.2 Å². The molecule has 0 spiro atoms. The van der Waals surface area contributed by atoms with E-state index in [9.17, 15) is 8.78 Å². The number of alkyl halides is 2. The molecule has 0 bridgehead atoms. The lowest BCUT2D eigenvalue weighted by atomic mass is 9.99. The zero-order chi connectivity index (χ0) is 23.2. The summed E-state index contributed by atoms with van der Waals surface area (Å²) in [7, 11) is 0. The average molecular weight is 448 g/mol. The lowest BCUT2D eigenvalue weighted by Gasteiger charge is -2.09. The van der Waals surface area contributed by atoms with Crippen molar-refractivity contribution < 1.29 is 17.9 Å². The summed E-state index contributed by atoms with van der Waals surface area (Å²) in [5.74, 6) is 0.456. The van der Waals surface area contributed by atoms with E-state index in [1.165, 1.54) is 12.1 Å². The molecule has 168 valence electrons. The molecular weight excluding hydrogens is 425 g/mol. The molecule has 0 amide bonds. The minimum Gasteiger partial charge on any atom is -0.435 e. The van der Waals surface area contributed by atoms with Crippen LogP contribution in [0.15, 0.2) is 79.6 Å². The highest BCUT2D eigenvalue weighted by Crippen LogP contribution is 2.27. The molecule has 33 heavy (non-hydrogen) atoms. The number of hydrogen-bond donors (Lipinski definition) is 0. The van der Waals surface area contributed by atoms with Crippen LogP contribution in [-0.2, 0) is 19.3 Å². The third-order valence-corrected chi connectivity index (χ3v) is 5.47. The Labute approximate surface area is 190 Å². The molecule has 4 rings (SSSR count). The molecule has 0 radical (unpaired) electrons. The summed E-state index contributed by atoms with van der Waals surface area (Å²) in [6, 6.07) is 15.6. The predicted octanol–water partition coefficient (Wildman–Crippen LogP) is 6.94. The number of fused-ring (bicyclic) bond motifs is 1. The van der Waals surface area contributed by atoms with Crippen LogP contribution in [0, 0.1) is 5.82 Å². The van der Waals surface area contributed by atoms with Crippen LogP contribution in [0.2, 0.25) is 0 Å². The fourth-order valence-corrected chi connectivity index (χ4v) is 3.69. The van der Waals surface area contributed by atoms with Gasteiger partial charge in [-0.05, 0) is 66.0 Å². The van der Waals surface area contributed by atoms with Gasteiger partial charge in [-0.2, -0.15) is 8.78 Å². The van der Waals surface area contributed by atoms with Crippen molar-refractivity contribution in [1.82, 2.24) is 9.97 Å². The summed E-state index contributed by atoms with van der Waals surface area (Å²) >= 11 is 0. The van der Waals surface area contributed by atoms with Crippen molar-refractivity contribution in [2.24, 2.45) is 0 Å². The summed E-state index contributed by atoms with van der Waals surface area (Å²) in [6.07, 6.45) is 8.29. The van der Waals surface area contributed by atoms with Gasteiger partial charge in [-0.25, -0.2) is 14.4 Å². The van der Waals surface area contributed by atoms with Crippen LogP contribution in [0.5, 0.6) is 5.75 Å². The van der Waals surface area contributed by atoms with Crippen molar-refractivity contribution >= 4 is 10.8 Å². The number of aryl methyl sites for hydroxylation is 3. The smallest absolute Gasteiger partial charge is 0.387 e. The predicted molar refractivity (Wildman–Crippen MR) is 124 cm³/mol. The molecule has 0 atom stereocenters. The molecule has 0 unspecified atom stereocenters. The summed E-state index contributed by atoms with van der Waals surface area (Å²) in [6.45, 7) is 0.872. The zero-order valence-corrected chi connectivity index (χ0v) is 18.0. The van der Waals surface area contributed by atoms with Crippen molar-refractivity contribution in [3.05, 3.63) is 102 Å². The van der Waals surface area contributed by atoms with Crippen LogP contribution in [-0.4, -0.2) is 16.6 Å². The van der Waals surface area contributed by atoms with E-state index < -0.39 is 6.61 Å². The van der Waals surface area contributed by atoms with Gasteiger partial charge in [0.2, 0.25) is 0 Å². The number of halogens is 3. The molecule has 1 aromatic heterocycles. The maximum Gasteiger partial charge on any atom is 0.387 e. The first-order valence-corrected chi connectivity index (χ1v) is 10.7. The van der Waals surface area contributed by atoms with Crippen molar-refractivity contribution in [2.75, 3.05) is 0 Å². The lowest BCUT2D eigenvalue weighted by molar-refractivity contribution is -0.0498. The number of aromatic nitrogens is 2. The van der Waals surface area contributed by atoms with Gasteiger partial charge in [-0.3, -0.25) is 0 Å². The van der Waals surface area contributed by atoms with Gasteiger partial charge in [0, 0.05) is 23.3 Å². The monoisotopic (exact) mass is 448 g/mol. The Morgan fingerprint density at radius 3 is 2.33 bits per heavy atom. The van der Waals surface area contributed by atoms with E-state index in [4.69, 9.17) is 0 Å². The van der Waals surface area contributed by atoms with E-state index in [2.05, 4.69) is 21.3 Å². The Balaban J connectivity index is 1.48. The second-order valence-corrected chi connectivity index (χ2v) is 7.74. The topological polar surface area (TPSA) is 35.0 Å². The highest BCUT2D eigenvalue weighted by Gasteiger charge is 2.11. The van der Waals surface area contributed by atoms with Crippen LogP contribution >= 0.6 is 0 Å². The van der Waals surface area contributed by atoms with E-state index in [-0.39, 0.29) is 11.6 Å². The third kappa shape index (κ3) is 5.58. The minimum absolute atomic E-state index is 0.108. The number of rotatable bonds is 9. The third-order valence-electron chi connectivity index (χ3n) is 5.47. The SMILES string of the molecule is C=CCCc1cnc(-c2ccc3c(F)c(CCc4ccc(OC(F)F)cc4)ccc3c2)nc1. The van der Waals surface area contributed by atoms with E-state index in [1.807, 2.05) is 36.7 Å². The highest BCUT2D eigenvalue weighted by molar-refractivity contribution is 5.87. The molecule has 0 fully saturated rings. The Hall–Kier alpha value is -3.67. The number of ether oxygens (including phenoxy) is 1. The summed E-state index contributed by atoms with van der Waals surface area (Å²) < 4.78 is 44.0. The van der Waals surface area contributed by atoms with Crippen molar-refractivity contribution in [3.63, 3.8) is 0 Å². The Bertz CT molecular complexity index is 1240. The van der Waals surface area contributed by atoms with Gasteiger partial charge < -0.3 is 4.74 Å². The van der Waals surface area contributed by atoms with Crippen LogP contribution in [0.4, 0.5) is 13.2 Å². The molecule has 6 heteroatoms. The van der Waals surface area contributed by atoms with Gasteiger partial charge >= 0.3 is 6.61 Å². The molecule has 0 saturated carbocycles. The molecule has 0 aliphatic rings. The second-order valence-electron chi connectivity index (χ2n) is 7.74. The largest absolute Gasteiger partial charge is 0.435 e. The minimum atomic E-state index is -2.85. The maximum atomic E-state index is 15.1. The van der Waals surface area contributed by atoms with Crippen LogP contribution in [0.1, 0.15) is 23.1 Å². The average Bonchev–Trinajstić information content (AvgIpc) is 2.83. The van der Waals surface area contributed by atoms with Crippen molar-refractivity contribution in [2.45, 2.75) is 32.3 Å². The first kappa shape index (κ1) is 22.5. The Kier molecular flexibility index (Phi) is 7.03. The van der Waals surface area contributed by atoms with Gasteiger partial charge in [0.25, 0.3) is 0 Å². The number of allylic oxidation sites excluding steroid dienone is 1. The number of nitrogens with zero attached hydrogens (tertiary/aromatic N) is 2.